The highest BCUT2D eigenvalue weighted by atomic mass is 35.5. The fourth-order valence-corrected chi connectivity index (χ4v) is 1.73. The smallest absolute Gasteiger partial charge is 0.418 e. The van der Waals surface area contributed by atoms with E-state index in [9.17, 15) is 18.3 Å². The zero-order valence-electron chi connectivity index (χ0n) is 10.4. The van der Waals surface area contributed by atoms with Crippen molar-refractivity contribution in [3.05, 3.63) is 22.7 Å². The Labute approximate surface area is 113 Å². The van der Waals surface area contributed by atoms with Crippen molar-refractivity contribution in [2.45, 2.75) is 26.1 Å². The normalized spacial score (nSPS) is 13.2. The highest BCUT2D eigenvalue weighted by Crippen LogP contribution is 2.41. The van der Waals surface area contributed by atoms with E-state index < -0.39 is 17.8 Å². The Hall–Kier alpha value is -1.14. The molecule has 0 bridgehead atoms. The number of hydrogen-bond donors (Lipinski definition) is 1. The van der Waals surface area contributed by atoms with Crippen molar-refractivity contribution in [1.29, 1.82) is 0 Å². The van der Waals surface area contributed by atoms with Gasteiger partial charge in [-0.1, -0.05) is 11.6 Å². The maximum Gasteiger partial charge on any atom is 0.418 e. The minimum Gasteiger partial charge on any atom is -0.490 e. The molecule has 0 saturated carbocycles. The van der Waals surface area contributed by atoms with Crippen LogP contribution in [0.15, 0.2) is 12.1 Å². The predicted octanol–water partition coefficient (Wildman–Crippen LogP) is 3.73. The molecule has 0 aliphatic heterocycles. The first-order valence-electron chi connectivity index (χ1n) is 5.65. The summed E-state index contributed by atoms with van der Waals surface area (Å²) in [5.74, 6) is 0.361. The number of aliphatic hydroxyl groups is 1. The van der Waals surface area contributed by atoms with Gasteiger partial charge in [-0.3, -0.25) is 0 Å². The maximum atomic E-state index is 12.5. The van der Waals surface area contributed by atoms with Crippen molar-refractivity contribution in [2.75, 3.05) is 13.2 Å². The van der Waals surface area contributed by atoms with E-state index in [0.29, 0.717) is 6.61 Å². The minimum absolute atomic E-state index is 0.118. The van der Waals surface area contributed by atoms with Gasteiger partial charge < -0.3 is 14.6 Å². The third-order valence-electron chi connectivity index (χ3n) is 2.27. The molecule has 1 rings (SSSR count). The number of alkyl halides is 3. The van der Waals surface area contributed by atoms with E-state index in [0.717, 1.165) is 6.07 Å². The molecule has 0 aliphatic carbocycles. The van der Waals surface area contributed by atoms with Crippen LogP contribution < -0.4 is 9.47 Å². The van der Waals surface area contributed by atoms with Gasteiger partial charge in [-0.2, -0.15) is 13.2 Å². The van der Waals surface area contributed by atoms with Crippen LogP contribution in [0.2, 0.25) is 5.02 Å². The quantitative estimate of drug-likeness (QED) is 0.900. The molecule has 1 aromatic rings. The van der Waals surface area contributed by atoms with Crippen LogP contribution in [0, 0.1) is 0 Å². The number of aliphatic hydroxyl groups excluding tert-OH is 1. The third-order valence-corrected chi connectivity index (χ3v) is 2.59. The Kier molecular flexibility index (Phi) is 5.31. The molecule has 0 aliphatic rings. The summed E-state index contributed by atoms with van der Waals surface area (Å²) in [6.45, 7) is 3.98. The molecule has 0 radical (unpaired) electrons. The van der Waals surface area contributed by atoms with Gasteiger partial charge in [0.15, 0.2) is 17.6 Å². The van der Waals surface area contributed by atoms with E-state index >= 15 is 0 Å². The van der Waals surface area contributed by atoms with Crippen molar-refractivity contribution in [1.82, 2.24) is 0 Å². The lowest BCUT2D eigenvalue weighted by Gasteiger charge is -2.19. The van der Waals surface area contributed by atoms with Crippen LogP contribution in [0.4, 0.5) is 13.2 Å². The SMILES string of the molecule is CCOc1cc(Cl)c(C(O)C(F)(F)F)cc1OCC. The fourth-order valence-electron chi connectivity index (χ4n) is 1.47. The molecule has 108 valence electrons. The summed E-state index contributed by atoms with van der Waals surface area (Å²) in [4.78, 5) is 0. The first kappa shape index (κ1) is 15.9. The first-order valence-corrected chi connectivity index (χ1v) is 6.02. The van der Waals surface area contributed by atoms with Crippen molar-refractivity contribution < 1.29 is 27.8 Å². The first-order chi connectivity index (χ1) is 8.81. The zero-order valence-corrected chi connectivity index (χ0v) is 11.2. The molecule has 7 heteroatoms. The summed E-state index contributed by atoms with van der Waals surface area (Å²) >= 11 is 5.74. The van der Waals surface area contributed by atoms with Crippen molar-refractivity contribution >= 4 is 11.6 Å². The van der Waals surface area contributed by atoms with Crippen molar-refractivity contribution in [3.63, 3.8) is 0 Å². The Bertz CT molecular complexity index is 435. The standard InChI is InChI=1S/C12H14ClF3O3/c1-3-18-9-5-7(11(17)12(14,15)16)8(13)6-10(9)19-4-2/h5-6,11,17H,3-4H2,1-2H3. The highest BCUT2D eigenvalue weighted by molar-refractivity contribution is 6.31. The molecule has 1 atom stereocenters. The van der Waals surface area contributed by atoms with E-state index in [2.05, 4.69) is 0 Å². The highest BCUT2D eigenvalue weighted by Gasteiger charge is 2.41. The van der Waals surface area contributed by atoms with Gasteiger partial charge in [0.25, 0.3) is 0 Å². The minimum atomic E-state index is -4.79. The van der Waals surface area contributed by atoms with E-state index in [4.69, 9.17) is 21.1 Å². The van der Waals surface area contributed by atoms with Gasteiger partial charge in [-0.15, -0.1) is 0 Å². The molecular weight excluding hydrogens is 285 g/mol. The average Bonchev–Trinajstić information content (AvgIpc) is 2.31. The lowest BCUT2D eigenvalue weighted by molar-refractivity contribution is -0.206. The zero-order chi connectivity index (χ0) is 14.6. The van der Waals surface area contributed by atoms with Gasteiger partial charge in [0, 0.05) is 11.6 Å². The molecule has 0 spiro atoms. The molecule has 0 fully saturated rings. The van der Waals surface area contributed by atoms with Crippen LogP contribution in [0.5, 0.6) is 11.5 Å². The summed E-state index contributed by atoms with van der Waals surface area (Å²) in [5.41, 5.74) is -0.457. The lowest BCUT2D eigenvalue weighted by Crippen LogP contribution is -2.20. The second-order valence-corrected chi connectivity index (χ2v) is 4.04. The van der Waals surface area contributed by atoms with Gasteiger partial charge in [-0.05, 0) is 19.9 Å². The number of rotatable bonds is 5. The number of hydrogen-bond acceptors (Lipinski definition) is 3. The molecular formula is C12H14ClF3O3. The molecule has 0 aromatic heterocycles. The van der Waals surface area contributed by atoms with Gasteiger partial charge in [0.05, 0.1) is 18.2 Å². The molecule has 0 saturated heterocycles. The van der Waals surface area contributed by atoms with E-state index in [1.54, 1.807) is 13.8 Å². The number of ether oxygens (including phenoxy) is 2. The maximum absolute atomic E-state index is 12.5. The number of benzene rings is 1. The largest absolute Gasteiger partial charge is 0.490 e. The van der Waals surface area contributed by atoms with Crippen LogP contribution in [-0.4, -0.2) is 24.5 Å². The van der Waals surface area contributed by atoms with Crippen molar-refractivity contribution in [3.8, 4) is 11.5 Å². The summed E-state index contributed by atoms with van der Waals surface area (Å²) in [6.07, 6.45) is -7.45. The van der Waals surface area contributed by atoms with Gasteiger partial charge in [0.2, 0.25) is 0 Å². The van der Waals surface area contributed by atoms with Crippen molar-refractivity contribution in [2.24, 2.45) is 0 Å². The Morgan fingerprint density at radius 2 is 1.63 bits per heavy atom. The lowest BCUT2D eigenvalue weighted by atomic mass is 10.1. The van der Waals surface area contributed by atoms with Crippen LogP contribution >= 0.6 is 11.6 Å². The van der Waals surface area contributed by atoms with E-state index in [-0.39, 0.29) is 23.1 Å². The third kappa shape index (κ3) is 3.91. The molecule has 1 aromatic carbocycles. The fraction of sp³-hybridized carbons (Fsp3) is 0.500. The second-order valence-electron chi connectivity index (χ2n) is 3.63. The average molecular weight is 299 g/mol. The van der Waals surface area contributed by atoms with E-state index in [1.165, 1.54) is 6.07 Å². The van der Waals surface area contributed by atoms with Gasteiger partial charge in [-0.25, -0.2) is 0 Å². The summed E-state index contributed by atoms with van der Waals surface area (Å²) in [6, 6.07) is 2.26. The number of halogens is 4. The molecule has 0 amide bonds. The Balaban J connectivity index is 3.23. The molecule has 19 heavy (non-hydrogen) atoms. The van der Waals surface area contributed by atoms with E-state index in [1.807, 2.05) is 0 Å². The molecule has 1 N–H and O–H groups in total. The predicted molar refractivity (Wildman–Crippen MR) is 64.8 cm³/mol. The van der Waals surface area contributed by atoms with Crippen LogP contribution in [0.3, 0.4) is 0 Å². The Morgan fingerprint density at radius 3 is 2.05 bits per heavy atom. The second kappa shape index (κ2) is 6.34. The van der Waals surface area contributed by atoms with Gasteiger partial charge in [0.1, 0.15) is 0 Å². The van der Waals surface area contributed by atoms with Crippen LogP contribution in [0.1, 0.15) is 25.5 Å². The molecule has 3 nitrogen and oxygen atoms in total. The summed E-state index contributed by atoms with van der Waals surface area (Å²) in [7, 11) is 0. The van der Waals surface area contributed by atoms with Gasteiger partial charge >= 0.3 is 6.18 Å². The van der Waals surface area contributed by atoms with Crippen LogP contribution in [0.25, 0.3) is 0 Å². The molecule has 1 unspecified atom stereocenters. The van der Waals surface area contributed by atoms with Crippen LogP contribution in [-0.2, 0) is 0 Å². The monoisotopic (exact) mass is 298 g/mol. The topological polar surface area (TPSA) is 38.7 Å². The molecule has 0 heterocycles. The summed E-state index contributed by atoms with van der Waals surface area (Å²) < 4.78 is 47.9. The Morgan fingerprint density at radius 1 is 1.16 bits per heavy atom. The summed E-state index contributed by atoms with van der Waals surface area (Å²) in [5, 5.41) is 9.02.